The number of rotatable bonds is 5. The largest absolute Gasteiger partial charge is 0.330 e. The van der Waals surface area contributed by atoms with Gasteiger partial charge in [0.25, 0.3) is 0 Å². The van der Waals surface area contributed by atoms with E-state index in [1.807, 2.05) is 0 Å². The summed E-state index contributed by atoms with van der Waals surface area (Å²) in [5.41, 5.74) is 8.79. The minimum absolute atomic E-state index is 0.206. The van der Waals surface area contributed by atoms with E-state index in [1.165, 1.54) is 17.5 Å². The molecular weight excluding hydrogens is 194 g/mol. The number of nitrogens with two attached hydrogens (primary N) is 1. The average Bonchev–Trinajstić information content (AvgIpc) is 2.28. The van der Waals surface area contributed by atoms with Crippen molar-refractivity contribution in [2.24, 2.45) is 11.1 Å². The Morgan fingerprint density at radius 2 is 1.75 bits per heavy atom. The molecule has 1 nitrogen and oxygen atoms in total. The summed E-state index contributed by atoms with van der Waals surface area (Å²) in [4.78, 5) is 0. The first-order valence-electron chi connectivity index (χ1n) is 6.27. The maximum atomic E-state index is 5.75. The SMILES string of the molecule is CCC(C)c1ccc(CC(C)(C)CN)cc1. The van der Waals surface area contributed by atoms with Crippen LogP contribution >= 0.6 is 0 Å². The van der Waals surface area contributed by atoms with E-state index >= 15 is 0 Å². The maximum Gasteiger partial charge on any atom is -0.00226 e. The van der Waals surface area contributed by atoms with Crippen molar-refractivity contribution in [2.45, 2.75) is 46.5 Å². The van der Waals surface area contributed by atoms with Crippen LogP contribution in [0.3, 0.4) is 0 Å². The monoisotopic (exact) mass is 219 g/mol. The molecule has 0 saturated heterocycles. The fourth-order valence-corrected chi connectivity index (χ4v) is 1.82. The molecule has 90 valence electrons. The average molecular weight is 219 g/mol. The van der Waals surface area contributed by atoms with E-state index in [9.17, 15) is 0 Å². The molecule has 2 N–H and O–H groups in total. The van der Waals surface area contributed by atoms with Gasteiger partial charge < -0.3 is 5.73 Å². The van der Waals surface area contributed by atoms with Gasteiger partial charge in [-0.1, -0.05) is 52.0 Å². The molecule has 1 rings (SSSR count). The van der Waals surface area contributed by atoms with Gasteiger partial charge in [-0.3, -0.25) is 0 Å². The van der Waals surface area contributed by atoms with Crippen LogP contribution in [0.15, 0.2) is 24.3 Å². The van der Waals surface area contributed by atoms with Gasteiger partial charge >= 0.3 is 0 Å². The van der Waals surface area contributed by atoms with E-state index in [2.05, 4.69) is 52.0 Å². The van der Waals surface area contributed by atoms with Crippen LogP contribution < -0.4 is 5.73 Å². The highest BCUT2D eigenvalue weighted by molar-refractivity contribution is 5.25. The fraction of sp³-hybridized carbons (Fsp3) is 0.600. The van der Waals surface area contributed by atoms with Crippen molar-refractivity contribution >= 4 is 0 Å². The molecule has 1 aromatic rings. The van der Waals surface area contributed by atoms with Gasteiger partial charge in [0.05, 0.1) is 0 Å². The van der Waals surface area contributed by atoms with Crippen molar-refractivity contribution < 1.29 is 0 Å². The second-order valence-electron chi connectivity index (χ2n) is 5.60. The number of hydrogen-bond donors (Lipinski definition) is 1. The van der Waals surface area contributed by atoms with Crippen molar-refractivity contribution in [3.05, 3.63) is 35.4 Å². The van der Waals surface area contributed by atoms with Gasteiger partial charge in [0.15, 0.2) is 0 Å². The van der Waals surface area contributed by atoms with Crippen molar-refractivity contribution in [1.82, 2.24) is 0 Å². The van der Waals surface area contributed by atoms with Gasteiger partial charge in [-0.25, -0.2) is 0 Å². The van der Waals surface area contributed by atoms with Crippen LogP contribution in [-0.2, 0) is 6.42 Å². The topological polar surface area (TPSA) is 26.0 Å². The Hall–Kier alpha value is -0.820. The van der Waals surface area contributed by atoms with Crippen molar-refractivity contribution in [2.75, 3.05) is 6.54 Å². The van der Waals surface area contributed by atoms with E-state index in [1.54, 1.807) is 0 Å². The Morgan fingerprint density at radius 3 is 2.19 bits per heavy atom. The third kappa shape index (κ3) is 3.64. The Bertz CT molecular complexity index is 311. The second-order valence-corrected chi connectivity index (χ2v) is 5.60. The molecule has 0 heterocycles. The lowest BCUT2D eigenvalue weighted by molar-refractivity contribution is 0.377. The van der Waals surface area contributed by atoms with E-state index in [4.69, 9.17) is 5.73 Å². The molecule has 0 radical (unpaired) electrons. The van der Waals surface area contributed by atoms with Crippen molar-refractivity contribution in [3.8, 4) is 0 Å². The lowest BCUT2D eigenvalue weighted by Gasteiger charge is -2.22. The first-order chi connectivity index (χ1) is 7.48. The molecule has 1 atom stereocenters. The molecule has 0 aromatic heterocycles. The van der Waals surface area contributed by atoms with Crippen molar-refractivity contribution in [3.63, 3.8) is 0 Å². The van der Waals surface area contributed by atoms with Crippen LogP contribution in [0.25, 0.3) is 0 Å². The molecule has 0 aliphatic carbocycles. The van der Waals surface area contributed by atoms with Gasteiger partial charge in [-0.05, 0) is 41.8 Å². The standard InChI is InChI=1S/C15H25N/c1-5-12(2)14-8-6-13(7-9-14)10-15(3,4)11-16/h6-9,12H,5,10-11,16H2,1-4H3. The third-order valence-electron chi connectivity index (χ3n) is 3.40. The zero-order valence-corrected chi connectivity index (χ0v) is 11.1. The predicted molar refractivity (Wildman–Crippen MR) is 71.7 cm³/mol. The van der Waals surface area contributed by atoms with Crippen LogP contribution in [0.1, 0.15) is 51.2 Å². The second kappa shape index (κ2) is 5.49. The lowest BCUT2D eigenvalue weighted by Crippen LogP contribution is -2.25. The van der Waals surface area contributed by atoms with Crippen LogP contribution in [0.4, 0.5) is 0 Å². The zero-order chi connectivity index (χ0) is 12.2. The normalized spacial score (nSPS) is 13.8. The predicted octanol–water partition coefficient (Wildman–Crippen LogP) is 3.73. The first kappa shape index (κ1) is 13.2. The Morgan fingerprint density at radius 1 is 1.19 bits per heavy atom. The molecule has 0 aliphatic rings. The van der Waals surface area contributed by atoms with E-state index in [-0.39, 0.29) is 5.41 Å². The van der Waals surface area contributed by atoms with Crippen LogP contribution in [0.2, 0.25) is 0 Å². The van der Waals surface area contributed by atoms with Crippen LogP contribution in [-0.4, -0.2) is 6.54 Å². The van der Waals surface area contributed by atoms with E-state index in [0.717, 1.165) is 13.0 Å². The molecule has 1 heteroatoms. The highest BCUT2D eigenvalue weighted by Gasteiger charge is 2.16. The summed E-state index contributed by atoms with van der Waals surface area (Å²) in [6.45, 7) is 9.68. The molecule has 0 fully saturated rings. The number of hydrogen-bond acceptors (Lipinski definition) is 1. The van der Waals surface area contributed by atoms with Gasteiger partial charge in [-0.2, -0.15) is 0 Å². The van der Waals surface area contributed by atoms with Gasteiger partial charge in [-0.15, -0.1) is 0 Å². The smallest absolute Gasteiger partial charge is 0.00226 e. The highest BCUT2D eigenvalue weighted by atomic mass is 14.6. The van der Waals surface area contributed by atoms with E-state index < -0.39 is 0 Å². The summed E-state index contributed by atoms with van der Waals surface area (Å²) < 4.78 is 0. The summed E-state index contributed by atoms with van der Waals surface area (Å²) in [5.74, 6) is 0.663. The highest BCUT2D eigenvalue weighted by Crippen LogP contribution is 2.23. The molecule has 0 saturated carbocycles. The Balaban J connectivity index is 2.72. The summed E-state index contributed by atoms with van der Waals surface area (Å²) in [6, 6.07) is 9.02. The fourth-order valence-electron chi connectivity index (χ4n) is 1.82. The third-order valence-corrected chi connectivity index (χ3v) is 3.40. The van der Waals surface area contributed by atoms with Gasteiger partial charge in [0, 0.05) is 0 Å². The number of benzene rings is 1. The summed E-state index contributed by atoms with van der Waals surface area (Å²) in [5, 5.41) is 0. The lowest BCUT2D eigenvalue weighted by atomic mass is 9.85. The summed E-state index contributed by atoms with van der Waals surface area (Å²) in [6.07, 6.45) is 2.26. The van der Waals surface area contributed by atoms with Crippen LogP contribution in [0.5, 0.6) is 0 Å². The minimum Gasteiger partial charge on any atom is -0.330 e. The molecule has 0 amide bonds. The first-order valence-corrected chi connectivity index (χ1v) is 6.27. The molecule has 1 unspecified atom stereocenters. The quantitative estimate of drug-likeness (QED) is 0.802. The molecule has 0 aliphatic heterocycles. The maximum absolute atomic E-state index is 5.75. The Kier molecular flexibility index (Phi) is 4.55. The summed E-state index contributed by atoms with van der Waals surface area (Å²) >= 11 is 0. The minimum atomic E-state index is 0.206. The zero-order valence-electron chi connectivity index (χ0n) is 11.1. The van der Waals surface area contributed by atoms with Gasteiger partial charge in [0.2, 0.25) is 0 Å². The summed E-state index contributed by atoms with van der Waals surface area (Å²) in [7, 11) is 0. The molecule has 0 spiro atoms. The van der Waals surface area contributed by atoms with Crippen molar-refractivity contribution in [1.29, 1.82) is 0 Å². The molecular formula is C15H25N. The molecule has 0 bridgehead atoms. The van der Waals surface area contributed by atoms with Crippen LogP contribution in [0, 0.1) is 5.41 Å². The molecule has 1 aromatic carbocycles. The van der Waals surface area contributed by atoms with Gasteiger partial charge in [0.1, 0.15) is 0 Å². The molecule has 16 heavy (non-hydrogen) atoms. The van der Waals surface area contributed by atoms with E-state index in [0.29, 0.717) is 5.92 Å². The Labute approximate surface area is 100 Å².